The summed E-state index contributed by atoms with van der Waals surface area (Å²) in [6.07, 6.45) is 2.15. The molecule has 80 valence electrons. The Hall–Kier alpha value is -1.32. The fourth-order valence-corrected chi connectivity index (χ4v) is 1.74. The third-order valence-electron chi connectivity index (χ3n) is 2.66. The van der Waals surface area contributed by atoms with Crippen LogP contribution in [0.3, 0.4) is 0 Å². The van der Waals surface area contributed by atoms with E-state index in [-0.39, 0.29) is 0 Å². The molecule has 1 fully saturated rings. The van der Waals surface area contributed by atoms with Gasteiger partial charge in [-0.05, 0) is 18.7 Å². The molecule has 3 heteroatoms. The van der Waals surface area contributed by atoms with E-state index in [4.69, 9.17) is 5.84 Å². The molecule has 0 aliphatic carbocycles. The fourth-order valence-electron chi connectivity index (χ4n) is 1.74. The molecule has 3 nitrogen and oxygen atoms in total. The Morgan fingerprint density at radius 1 is 1.20 bits per heavy atom. The van der Waals surface area contributed by atoms with Crippen molar-refractivity contribution in [3.8, 4) is 0 Å². The summed E-state index contributed by atoms with van der Waals surface area (Å²) in [5.74, 6) is 5.93. The average Bonchev–Trinajstić information content (AvgIpc) is 2.25. The molecule has 0 saturated carbocycles. The number of hydrogen-bond donors (Lipinski definition) is 1. The van der Waals surface area contributed by atoms with Crippen LogP contribution >= 0.6 is 0 Å². The van der Waals surface area contributed by atoms with Gasteiger partial charge in [0.25, 0.3) is 0 Å². The topological polar surface area (TPSA) is 32.5 Å². The molecule has 0 spiro atoms. The van der Waals surface area contributed by atoms with E-state index in [0.29, 0.717) is 0 Å². The van der Waals surface area contributed by atoms with Gasteiger partial charge < -0.3 is 5.01 Å². The molecule has 0 unspecified atom stereocenters. The van der Waals surface area contributed by atoms with Crippen LogP contribution in [-0.4, -0.2) is 36.6 Å². The van der Waals surface area contributed by atoms with Crippen LogP contribution in [0.25, 0.3) is 6.08 Å². The summed E-state index contributed by atoms with van der Waals surface area (Å²) in [5, 5.41) is 1.84. The highest BCUT2D eigenvalue weighted by molar-refractivity contribution is 5.52. The lowest BCUT2D eigenvalue weighted by molar-refractivity contribution is 0.208. The van der Waals surface area contributed by atoms with Crippen molar-refractivity contribution in [3.63, 3.8) is 0 Å². The molecule has 1 aromatic carbocycles. The summed E-state index contributed by atoms with van der Waals surface area (Å²) in [6, 6.07) is 10.3. The molecule has 15 heavy (non-hydrogen) atoms. The van der Waals surface area contributed by atoms with Gasteiger partial charge in [-0.15, -0.1) is 0 Å². The fraction of sp³-hybridized carbons (Fsp3) is 0.333. The Balaban J connectivity index is 2.18. The van der Waals surface area contributed by atoms with Gasteiger partial charge in [-0.3, -0.25) is 4.90 Å². The standard InChI is InChI=1S/C12H17N3/c1-14-7-8-15(13)12(10-14)9-11-5-3-2-4-6-11/h2-6,9H,7-8,10,13H2,1H3. The lowest BCUT2D eigenvalue weighted by Crippen LogP contribution is -2.46. The highest BCUT2D eigenvalue weighted by Gasteiger charge is 2.14. The number of likely N-dealkylation sites (N-methyl/N-ethyl adjacent to an activating group) is 1. The lowest BCUT2D eigenvalue weighted by atomic mass is 10.1. The molecule has 1 aromatic rings. The van der Waals surface area contributed by atoms with Crippen LogP contribution in [0.4, 0.5) is 0 Å². The second-order valence-corrected chi connectivity index (χ2v) is 3.98. The van der Waals surface area contributed by atoms with Gasteiger partial charge in [-0.1, -0.05) is 30.3 Å². The minimum absolute atomic E-state index is 0.898. The van der Waals surface area contributed by atoms with Crippen LogP contribution in [0.15, 0.2) is 36.0 Å². The summed E-state index contributed by atoms with van der Waals surface area (Å²) in [5.41, 5.74) is 2.38. The first-order valence-corrected chi connectivity index (χ1v) is 5.22. The van der Waals surface area contributed by atoms with Gasteiger partial charge in [-0.2, -0.15) is 0 Å². The number of nitrogens with two attached hydrogens (primary N) is 1. The summed E-state index contributed by atoms with van der Waals surface area (Å²) >= 11 is 0. The number of hydrazine groups is 1. The molecule has 1 heterocycles. The molecule has 2 rings (SSSR count). The Bertz CT molecular complexity index is 345. The van der Waals surface area contributed by atoms with Crippen LogP contribution in [0.1, 0.15) is 5.56 Å². The molecule has 0 aromatic heterocycles. The maximum atomic E-state index is 5.93. The monoisotopic (exact) mass is 203 g/mol. The zero-order valence-corrected chi connectivity index (χ0v) is 9.06. The van der Waals surface area contributed by atoms with Gasteiger partial charge in [0.05, 0.1) is 0 Å². The van der Waals surface area contributed by atoms with Crippen molar-refractivity contribution in [1.29, 1.82) is 0 Å². The summed E-state index contributed by atoms with van der Waals surface area (Å²) in [6.45, 7) is 2.85. The van der Waals surface area contributed by atoms with Gasteiger partial charge in [0, 0.05) is 25.3 Å². The van der Waals surface area contributed by atoms with Crippen LogP contribution in [0.2, 0.25) is 0 Å². The van der Waals surface area contributed by atoms with Crippen molar-refractivity contribution in [2.24, 2.45) is 5.84 Å². The Kier molecular flexibility index (Phi) is 3.04. The van der Waals surface area contributed by atoms with Crippen molar-refractivity contribution < 1.29 is 0 Å². The van der Waals surface area contributed by atoms with E-state index in [2.05, 4.69) is 30.2 Å². The van der Waals surface area contributed by atoms with Gasteiger partial charge >= 0.3 is 0 Å². The van der Waals surface area contributed by atoms with Crippen molar-refractivity contribution >= 4 is 6.08 Å². The number of piperazine rings is 1. The third-order valence-corrected chi connectivity index (χ3v) is 2.66. The van der Waals surface area contributed by atoms with Crippen LogP contribution in [0.5, 0.6) is 0 Å². The van der Waals surface area contributed by atoms with E-state index in [1.807, 2.05) is 23.2 Å². The van der Waals surface area contributed by atoms with E-state index in [1.54, 1.807) is 0 Å². The minimum atomic E-state index is 0.898. The summed E-state index contributed by atoms with van der Waals surface area (Å²) in [7, 11) is 2.12. The first-order chi connectivity index (χ1) is 7.25. The SMILES string of the molecule is CN1CCN(N)C(=Cc2ccccc2)C1. The van der Waals surface area contributed by atoms with Crippen molar-refractivity contribution in [2.75, 3.05) is 26.7 Å². The number of nitrogens with zero attached hydrogens (tertiary/aromatic N) is 2. The van der Waals surface area contributed by atoms with E-state index < -0.39 is 0 Å². The van der Waals surface area contributed by atoms with Gasteiger partial charge in [0.1, 0.15) is 0 Å². The van der Waals surface area contributed by atoms with Crippen LogP contribution in [0, 0.1) is 0 Å². The van der Waals surface area contributed by atoms with Crippen molar-refractivity contribution in [1.82, 2.24) is 9.91 Å². The van der Waals surface area contributed by atoms with E-state index in [0.717, 1.165) is 19.6 Å². The molecular weight excluding hydrogens is 186 g/mol. The molecular formula is C12H17N3. The highest BCUT2D eigenvalue weighted by Crippen LogP contribution is 2.12. The zero-order valence-electron chi connectivity index (χ0n) is 9.06. The predicted octanol–water partition coefficient (Wildman–Crippen LogP) is 1.15. The van der Waals surface area contributed by atoms with Gasteiger partial charge in [-0.25, -0.2) is 5.84 Å². The molecule has 1 saturated heterocycles. The van der Waals surface area contributed by atoms with E-state index in [1.165, 1.54) is 11.3 Å². The molecule has 1 aliphatic heterocycles. The Labute approximate surface area is 90.8 Å². The first-order valence-electron chi connectivity index (χ1n) is 5.22. The maximum Gasteiger partial charge on any atom is 0.0466 e. The normalized spacial score (nSPS) is 20.9. The third kappa shape index (κ3) is 2.58. The Morgan fingerprint density at radius 3 is 2.67 bits per heavy atom. The predicted molar refractivity (Wildman–Crippen MR) is 62.8 cm³/mol. The van der Waals surface area contributed by atoms with Crippen LogP contribution in [-0.2, 0) is 0 Å². The van der Waals surface area contributed by atoms with Crippen molar-refractivity contribution in [3.05, 3.63) is 41.6 Å². The van der Waals surface area contributed by atoms with E-state index >= 15 is 0 Å². The molecule has 2 N–H and O–H groups in total. The highest BCUT2D eigenvalue weighted by atomic mass is 15.4. The largest absolute Gasteiger partial charge is 0.313 e. The second kappa shape index (κ2) is 4.47. The number of rotatable bonds is 1. The molecule has 0 radical (unpaired) electrons. The summed E-state index contributed by atoms with van der Waals surface area (Å²) in [4.78, 5) is 2.28. The summed E-state index contributed by atoms with van der Waals surface area (Å²) < 4.78 is 0. The molecule has 1 aliphatic rings. The molecule has 0 amide bonds. The molecule has 0 bridgehead atoms. The molecule has 0 atom stereocenters. The maximum absolute atomic E-state index is 5.93. The Morgan fingerprint density at radius 2 is 1.93 bits per heavy atom. The van der Waals surface area contributed by atoms with Crippen molar-refractivity contribution in [2.45, 2.75) is 0 Å². The van der Waals surface area contributed by atoms with E-state index in [9.17, 15) is 0 Å². The smallest absolute Gasteiger partial charge is 0.0466 e. The second-order valence-electron chi connectivity index (χ2n) is 3.98. The first kappa shape index (κ1) is 10.2. The zero-order chi connectivity index (χ0) is 10.7. The van der Waals surface area contributed by atoms with Gasteiger partial charge in [0.15, 0.2) is 0 Å². The average molecular weight is 203 g/mol. The number of hydrogen-bond acceptors (Lipinski definition) is 3. The van der Waals surface area contributed by atoms with Crippen LogP contribution < -0.4 is 5.84 Å². The van der Waals surface area contributed by atoms with Gasteiger partial charge in [0.2, 0.25) is 0 Å². The quantitative estimate of drug-likeness (QED) is 0.695. The number of benzene rings is 1. The lowest BCUT2D eigenvalue weighted by Gasteiger charge is -2.33. The minimum Gasteiger partial charge on any atom is -0.313 e.